The maximum atomic E-state index is 12.9. The van der Waals surface area contributed by atoms with E-state index in [1.807, 2.05) is 52.8 Å². The summed E-state index contributed by atoms with van der Waals surface area (Å²) in [5.74, 6) is 0.737. The number of amides is 1. The molecule has 0 N–H and O–H groups in total. The van der Waals surface area contributed by atoms with Crippen LogP contribution in [0.15, 0.2) is 30.5 Å². The third-order valence-corrected chi connectivity index (χ3v) is 5.22. The molecular weight excluding hydrogens is 314 g/mol. The number of hydrogen-bond donors (Lipinski definition) is 0. The van der Waals surface area contributed by atoms with Gasteiger partial charge in [0.1, 0.15) is 0 Å². The van der Waals surface area contributed by atoms with E-state index in [0.29, 0.717) is 5.92 Å². The maximum absolute atomic E-state index is 12.9. The van der Waals surface area contributed by atoms with Crippen LogP contribution < -0.4 is 4.90 Å². The van der Waals surface area contributed by atoms with E-state index in [4.69, 9.17) is 0 Å². The summed E-state index contributed by atoms with van der Waals surface area (Å²) in [6.45, 7) is 1.56. The highest BCUT2D eigenvalue weighted by molar-refractivity contribution is 5.95. The number of aromatic nitrogens is 3. The second-order valence-electron chi connectivity index (χ2n) is 7.38. The van der Waals surface area contributed by atoms with Crippen LogP contribution in [0.3, 0.4) is 0 Å². The van der Waals surface area contributed by atoms with Gasteiger partial charge < -0.3 is 9.80 Å². The lowest BCUT2D eigenvalue weighted by Gasteiger charge is -2.25. The third kappa shape index (κ3) is 3.38. The Morgan fingerprint density at radius 2 is 1.96 bits per heavy atom. The summed E-state index contributed by atoms with van der Waals surface area (Å²) in [5, 5.41) is 8.54. The number of hydrogen-bond acceptors (Lipinski definition) is 4. The van der Waals surface area contributed by atoms with Gasteiger partial charge in [0.25, 0.3) is 5.91 Å². The zero-order valence-corrected chi connectivity index (χ0v) is 14.9. The van der Waals surface area contributed by atoms with Crippen molar-refractivity contribution in [1.82, 2.24) is 19.9 Å². The van der Waals surface area contributed by atoms with Crippen molar-refractivity contribution in [2.45, 2.75) is 44.2 Å². The Morgan fingerprint density at radius 3 is 2.64 bits per heavy atom. The smallest absolute Gasteiger partial charge is 0.254 e. The van der Waals surface area contributed by atoms with E-state index < -0.39 is 0 Å². The number of likely N-dealkylation sites (tertiary alicyclic amines) is 1. The summed E-state index contributed by atoms with van der Waals surface area (Å²) in [6, 6.07) is 8.05. The summed E-state index contributed by atoms with van der Waals surface area (Å²) >= 11 is 0. The number of rotatable bonds is 5. The molecule has 6 heteroatoms. The van der Waals surface area contributed by atoms with Gasteiger partial charge in [0, 0.05) is 44.0 Å². The predicted octanol–water partition coefficient (Wildman–Crippen LogP) is 2.53. The Balaban J connectivity index is 1.45. The summed E-state index contributed by atoms with van der Waals surface area (Å²) in [5.41, 5.74) is 2.97. The molecule has 0 bridgehead atoms. The Hall–Kier alpha value is -2.37. The molecule has 2 fully saturated rings. The minimum Gasteiger partial charge on any atom is -0.378 e. The molecule has 1 aromatic heterocycles. The quantitative estimate of drug-likeness (QED) is 0.840. The molecule has 2 aliphatic rings. The number of carbonyl (C=O) groups excluding carboxylic acids is 1. The highest BCUT2D eigenvalue weighted by Gasteiger charge is 2.31. The van der Waals surface area contributed by atoms with E-state index in [2.05, 4.69) is 16.5 Å². The summed E-state index contributed by atoms with van der Waals surface area (Å²) < 4.78 is 1.92. The van der Waals surface area contributed by atoms with Crippen LogP contribution in [-0.2, 0) is 6.54 Å². The van der Waals surface area contributed by atoms with Gasteiger partial charge in [0.2, 0.25) is 0 Å². The molecule has 25 heavy (non-hydrogen) atoms. The van der Waals surface area contributed by atoms with Gasteiger partial charge in [-0.25, -0.2) is 0 Å². The fourth-order valence-electron chi connectivity index (χ4n) is 3.55. The first-order chi connectivity index (χ1) is 12.1. The van der Waals surface area contributed by atoms with Crippen molar-refractivity contribution in [3.05, 3.63) is 41.7 Å². The summed E-state index contributed by atoms with van der Waals surface area (Å²) in [4.78, 5) is 17.0. The van der Waals surface area contributed by atoms with Crippen LogP contribution in [0.5, 0.6) is 0 Å². The molecule has 1 atom stereocenters. The minimum absolute atomic E-state index is 0.121. The lowest BCUT2D eigenvalue weighted by molar-refractivity contribution is 0.0721. The first-order valence-electron chi connectivity index (χ1n) is 9.10. The SMILES string of the molecule is CN(C)c1ccc(C(=O)N2CCC[C@H]2Cn2cc(C3CC3)nn2)cc1. The fourth-order valence-corrected chi connectivity index (χ4v) is 3.55. The molecule has 1 aliphatic heterocycles. The lowest BCUT2D eigenvalue weighted by atomic mass is 10.1. The van der Waals surface area contributed by atoms with Crippen LogP contribution in [0, 0.1) is 0 Å². The maximum Gasteiger partial charge on any atom is 0.254 e. The molecular formula is C19H25N5O. The fraction of sp³-hybridized carbons (Fsp3) is 0.526. The number of carbonyl (C=O) groups is 1. The van der Waals surface area contributed by atoms with Crippen LogP contribution in [0.2, 0.25) is 0 Å². The second kappa shape index (κ2) is 6.50. The predicted molar refractivity (Wildman–Crippen MR) is 96.8 cm³/mol. The number of nitrogens with zero attached hydrogens (tertiary/aromatic N) is 5. The lowest BCUT2D eigenvalue weighted by Crippen LogP contribution is -2.38. The molecule has 6 nitrogen and oxygen atoms in total. The molecule has 1 aliphatic carbocycles. The first kappa shape index (κ1) is 16.1. The van der Waals surface area contributed by atoms with E-state index in [0.717, 1.165) is 42.9 Å². The van der Waals surface area contributed by atoms with Crippen molar-refractivity contribution in [3.8, 4) is 0 Å². The summed E-state index contributed by atoms with van der Waals surface area (Å²) in [7, 11) is 4.00. The highest BCUT2D eigenvalue weighted by atomic mass is 16.2. The standard InChI is InChI=1S/C19H25N5O/c1-22(2)16-9-7-15(8-10-16)19(25)24-11-3-4-17(24)12-23-13-18(20-21-23)14-5-6-14/h7-10,13-14,17H,3-6,11-12H2,1-2H3/t17-/m0/s1. The Labute approximate surface area is 148 Å². The molecule has 2 heterocycles. The summed E-state index contributed by atoms with van der Waals surface area (Å²) in [6.07, 6.45) is 6.60. The first-order valence-corrected chi connectivity index (χ1v) is 9.10. The molecule has 1 saturated heterocycles. The normalized spacial score (nSPS) is 20.1. The van der Waals surface area contributed by atoms with Crippen molar-refractivity contribution in [2.75, 3.05) is 25.5 Å². The highest BCUT2D eigenvalue weighted by Crippen LogP contribution is 2.38. The zero-order chi connectivity index (χ0) is 17.4. The monoisotopic (exact) mass is 339 g/mol. The van der Waals surface area contributed by atoms with Crippen LogP contribution in [-0.4, -0.2) is 52.5 Å². The third-order valence-electron chi connectivity index (χ3n) is 5.22. The van der Waals surface area contributed by atoms with Crippen molar-refractivity contribution < 1.29 is 4.79 Å². The average Bonchev–Trinajstić information content (AvgIpc) is 3.19. The van der Waals surface area contributed by atoms with Crippen molar-refractivity contribution >= 4 is 11.6 Å². The number of benzene rings is 1. The number of anilines is 1. The van der Waals surface area contributed by atoms with Crippen LogP contribution in [0.4, 0.5) is 5.69 Å². The van der Waals surface area contributed by atoms with Gasteiger partial charge in [0.15, 0.2) is 0 Å². The average molecular weight is 339 g/mol. The van der Waals surface area contributed by atoms with Gasteiger partial charge >= 0.3 is 0 Å². The molecule has 1 amide bonds. The minimum atomic E-state index is 0.121. The van der Waals surface area contributed by atoms with Gasteiger partial charge in [0.05, 0.1) is 18.3 Å². The molecule has 2 aromatic rings. The van der Waals surface area contributed by atoms with Gasteiger partial charge in [-0.15, -0.1) is 5.10 Å². The van der Waals surface area contributed by atoms with Gasteiger partial charge in [-0.1, -0.05) is 5.21 Å². The molecule has 0 spiro atoms. The van der Waals surface area contributed by atoms with E-state index >= 15 is 0 Å². The van der Waals surface area contributed by atoms with Gasteiger partial charge in [-0.3, -0.25) is 9.48 Å². The van der Waals surface area contributed by atoms with E-state index in [-0.39, 0.29) is 11.9 Å². The Bertz CT molecular complexity index is 747. The van der Waals surface area contributed by atoms with E-state index in [1.165, 1.54) is 12.8 Å². The molecule has 0 radical (unpaired) electrons. The van der Waals surface area contributed by atoms with Crippen molar-refractivity contribution in [1.29, 1.82) is 0 Å². The van der Waals surface area contributed by atoms with E-state index in [1.54, 1.807) is 0 Å². The molecule has 4 rings (SSSR count). The molecule has 0 unspecified atom stereocenters. The Morgan fingerprint density at radius 1 is 1.20 bits per heavy atom. The van der Waals surface area contributed by atoms with Gasteiger partial charge in [-0.05, 0) is 49.9 Å². The largest absolute Gasteiger partial charge is 0.378 e. The topological polar surface area (TPSA) is 54.3 Å². The second-order valence-corrected chi connectivity index (χ2v) is 7.38. The van der Waals surface area contributed by atoms with Crippen molar-refractivity contribution in [3.63, 3.8) is 0 Å². The van der Waals surface area contributed by atoms with Crippen LogP contribution in [0.25, 0.3) is 0 Å². The van der Waals surface area contributed by atoms with Crippen molar-refractivity contribution in [2.24, 2.45) is 0 Å². The van der Waals surface area contributed by atoms with E-state index in [9.17, 15) is 4.79 Å². The van der Waals surface area contributed by atoms with Gasteiger partial charge in [-0.2, -0.15) is 0 Å². The molecule has 1 saturated carbocycles. The zero-order valence-electron chi connectivity index (χ0n) is 14.9. The Kier molecular flexibility index (Phi) is 4.19. The van der Waals surface area contributed by atoms with Crippen LogP contribution >= 0.6 is 0 Å². The van der Waals surface area contributed by atoms with Crippen LogP contribution in [0.1, 0.15) is 47.7 Å². The molecule has 1 aromatic carbocycles. The molecule has 132 valence electrons.